The molecule has 3 aromatic rings. The molecule has 90 valence electrons. The van der Waals surface area contributed by atoms with Gasteiger partial charge in [-0.25, -0.2) is 24.3 Å². The molecule has 0 heterocycles. The molecule has 0 saturated carbocycles. The van der Waals surface area contributed by atoms with Crippen LogP contribution in [0.25, 0.3) is 0 Å². The van der Waals surface area contributed by atoms with Crippen molar-refractivity contribution in [3.05, 3.63) is 97.1 Å². The fourth-order valence-electron chi connectivity index (χ4n) is 0.983. The molecule has 3 aromatic carbocycles. The van der Waals surface area contributed by atoms with Gasteiger partial charge in [0.05, 0.1) is 0 Å². The van der Waals surface area contributed by atoms with Gasteiger partial charge in [-0.15, -0.1) is 0 Å². The first-order valence-electron chi connectivity index (χ1n) is 5.24. The Labute approximate surface area is 131 Å². The molecule has 2 heteroatoms. The van der Waals surface area contributed by atoms with Gasteiger partial charge in [0, 0.05) is 0 Å². The average Bonchev–Trinajstić information content (AvgIpc) is 3.10. The fourth-order valence-corrected chi connectivity index (χ4v) is 0.983. The zero-order valence-electron chi connectivity index (χ0n) is 10.0. The third kappa shape index (κ3) is 13.0. The van der Waals surface area contributed by atoms with Crippen molar-refractivity contribution >= 4 is 0 Å². The van der Waals surface area contributed by atoms with E-state index in [0.29, 0.717) is 0 Å². The molecule has 0 aliphatic rings. The van der Waals surface area contributed by atoms with Crippen LogP contribution in [-0.4, -0.2) is 0 Å². The van der Waals surface area contributed by atoms with E-state index >= 15 is 0 Å². The van der Waals surface area contributed by atoms with Gasteiger partial charge in [-0.05, 0) is 0 Å². The summed E-state index contributed by atoms with van der Waals surface area (Å²) in [4.78, 5) is 0. The number of hydrogen-bond donors (Lipinski definition) is 0. The second kappa shape index (κ2) is 15.9. The number of halogens is 1. The molecule has 0 aliphatic carbocycles. The first kappa shape index (κ1) is 19.3. The smallest absolute Gasteiger partial charge is 1.00 e. The van der Waals surface area contributed by atoms with E-state index < -0.39 is 0 Å². The van der Waals surface area contributed by atoms with E-state index in [0.717, 1.165) is 0 Å². The van der Waals surface area contributed by atoms with E-state index in [1.54, 1.807) is 0 Å². The van der Waals surface area contributed by atoms with E-state index in [4.69, 9.17) is 0 Å². The zero-order chi connectivity index (χ0) is 11.3. The van der Waals surface area contributed by atoms with Crippen LogP contribution in [0.3, 0.4) is 0 Å². The molecule has 0 fully saturated rings. The summed E-state index contributed by atoms with van der Waals surface area (Å²) in [6.45, 7) is 0. The van der Waals surface area contributed by atoms with Crippen LogP contribution in [0.15, 0.2) is 91.0 Å². The standard InChI is InChI=1S/C6H5.2C5H5.ClH.Ti/c1-2-4-6-5-3-1;2*1-2-4-5-3-1;;/h1-5H;2*1-5H;1H;/q3*-1;;+4/p-1. The summed E-state index contributed by atoms with van der Waals surface area (Å²) in [5.74, 6) is 0. The summed E-state index contributed by atoms with van der Waals surface area (Å²) < 4.78 is 0. The van der Waals surface area contributed by atoms with Crippen LogP contribution in [0.2, 0.25) is 0 Å². The molecule has 0 unspecified atom stereocenters. The Hall–Kier alpha value is -1.08. The summed E-state index contributed by atoms with van der Waals surface area (Å²) in [6.07, 6.45) is 0. The minimum absolute atomic E-state index is 0. The van der Waals surface area contributed by atoms with Gasteiger partial charge in [0.2, 0.25) is 0 Å². The second-order valence-corrected chi connectivity index (χ2v) is 3.00. The van der Waals surface area contributed by atoms with Crippen LogP contribution in [0.4, 0.5) is 0 Å². The van der Waals surface area contributed by atoms with Crippen LogP contribution in [0.1, 0.15) is 0 Å². The summed E-state index contributed by atoms with van der Waals surface area (Å²) in [5.41, 5.74) is 0. The molecular formula is C16H15ClTi. The van der Waals surface area contributed by atoms with Gasteiger partial charge in [-0.2, -0.15) is 72.8 Å². The molecule has 18 heavy (non-hydrogen) atoms. The predicted octanol–water partition coefficient (Wildman–Crippen LogP) is 1.30. The Kier molecular flexibility index (Phi) is 17.0. The van der Waals surface area contributed by atoms with Crippen LogP contribution in [0, 0.1) is 6.07 Å². The van der Waals surface area contributed by atoms with E-state index in [1.807, 2.05) is 91.0 Å². The maximum absolute atomic E-state index is 2.89. The van der Waals surface area contributed by atoms with Crippen molar-refractivity contribution in [1.82, 2.24) is 0 Å². The molecule has 0 spiro atoms. The van der Waals surface area contributed by atoms with Crippen molar-refractivity contribution in [1.29, 1.82) is 0 Å². The first-order chi connectivity index (χ1) is 8.00. The summed E-state index contributed by atoms with van der Waals surface area (Å²) in [5, 5.41) is 0. The van der Waals surface area contributed by atoms with Gasteiger partial charge in [0.25, 0.3) is 0 Å². The molecule has 0 radical (unpaired) electrons. The van der Waals surface area contributed by atoms with Gasteiger partial charge in [0.1, 0.15) is 0 Å². The number of rotatable bonds is 0. The maximum atomic E-state index is 2.89. The topological polar surface area (TPSA) is 0 Å². The largest absolute Gasteiger partial charge is 4.00 e. The minimum atomic E-state index is 0. The molecular weight excluding hydrogens is 275 g/mol. The molecule has 0 atom stereocenters. The van der Waals surface area contributed by atoms with Crippen LogP contribution in [-0.2, 0) is 21.7 Å². The summed E-state index contributed by atoms with van der Waals surface area (Å²) in [6, 6.07) is 32.5. The second-order valence-electron chi connectivity index (χ2n) is 3.00. The average molecular weight is 291 g/mol. The zero-order valence-corrected chi connectivity index (χ0v) is 12.4. The van der Waals surface area contributed by atoms with Crippen molar-refractivity contribution in [2.75, 3.05) is 0 Å². The van der Waals surface area contributed by atoms with Crippen molar-refractivity contribution < 1.29 is 34.1 Å². The van der Waals surface area contributed by atoms with Crippen LogP contribution in [0.5, 0.6) is 0 Å². The van der Waals surface area contributed by atoms with E-state index in [2.05, 4.69) is 6.07 Å². The fraction of sp³-hybridized carbons (Fsp3) is 0. The number of benzene rings is 1. The monoisotopic (exact) mass is 290 g/mol. The van der Waals surface area contributed by atoms with Crippen molar-refractivity contribution in [2.45, 2.75) is 0 Å². The Morgan fingerprint density at radius 2 is 0.944 bits per heavy atom. The minimum Gasteiger partial charge on any atom is -1.00 e. The van der Waals surface area contributed by atoms with Gasteiger partial charge >= 0.3 is 21.7 Å². The Balaban J connectivity index is 0. The van der Waals surface area contributed by atoms with Gasteiger partial charge in [-0.3, -0.25) is 0 Å². The molecule has 0 amide bonds. The SMILES string of the molecule is [Cl-].[Ti+4].[c-]1ccccc1.c1cc[cH-]c1.c1cc[cH-]c1. The molecule has 0 N–H and O–H groups in total. The van der Waals surface area contributed by atoms with Crippen LogP contribution < -0.4 is 12.4 Å². The third-order valence-electron chi connectivity index (χ3n) is 1.72. The molecule has 0 aromatic heterocycles. The Morgan fingerprint density at radius 1 is 0.556 bits per heavy atom. The first-order valence-corrected chi connectivity index (χ1v) is 5.24. The Morgan fingerprint density at radius 3 is 1.06 bits per heavy atom. The van der Waals surface area contributed by atoms with Gasteiger partial charge in [0.15, 0.2) is 0 Å². The predicted molar refractivity (Wildman–Crippen MR) is 69.3 cm³/mol. The summed E-state index contributed by atoms with van der Waals surface area (Å²) in [7, 11) is 0. The Bertz CT molecular complexity index is 302. The number of hydrogen-bond acceptors (Lipinski definition) is 0. The van der Waals surface area contributed by atoms with Gasteiger partial charge in [-0.1, -0.05) is 0 Å². The van der Waals surface area contributed by atoms with Crippen molar-refractivity contribution in [3.63, 3.8) is 0 Å². The molecule has 0 saturated heterocycles. The normalized spacial score (nSPS) is 7.11. The van der Waals surface area contributed by atoms with Crippen LogP contribution >= 0.6 is 0 Å². The van der Waals surface area contributed by atoms with Crippen molar-refractivity contribution in [2.24, 2.45) is 0 Å². The van der Waals surface area contributed by atoms with E-state index in [9.17, 15) is 0 Å². The van der Waals surface area contributed by atoms with E-state index in [1.165, 1.54) is 0 Å². The summed E-state index contributed by atoms with van der Waals surface area (Å²) >= 11 is 0. The van der Waals surface area contributed by atoms with Gasteiger partial charge < -0.3 is 12.4 Å². The molecule has 0 aliphatic heterocycles. The molecule has 3 rings (SSSR count). The quantitative estimate of drug-likeness (QED) is 0.432. The van der Waals surface area contributed by atoms with Crippen molar-refractivity contribution in [3.8, 4) is 0 Å². The van der Waals surface area contributed by atoms with E-state index in [-0.39, 0.29) is 34.1 Å². The third-order valence-corrected chi connectivity index (χ3v) is 1.72. The molecule has 0 nitrogen and oxygen atoms in total. The molecule has 0 bridgehead atoms. The maximum Gasteiger partial charge on any atom is 4.00 e.